The minimum atomic E-state index is -0.0508. The molecule has 1 amide bonds. The number of carbonyl (C=O) groups is 1. The van der Waals surface area contributed by atoms with Crippen molar-refractivity contribution in [1.82, 2.24) is 14.7 Å². The minimum Gasteiger partial charge on any atom is -0.322 e. The Kier molecular flexibility index (Phi) is 4.53. The highest BCUT2D eigenvalue weighted by Gasteiger charge is 2.30. The summed E-state index contributed by atoms with van der Waals surface area (Å²) in [7, 11) is 0. The van der Waals surface area contributed by atoms with E-state index in [1.54, 1.807) is 6.20 Å². The molecule has 3 rings (SSSR count). The van der Waals surface area contributed by atoms with Gasteiger partial charge in [0.05, 0.1) is 17.9 Å². The molecular formula is C17H22N4O. The molecule has 1 aliphatic heterocycles. The van der Waals surface area contributed by atoms with Crippen LogP contribution in [-0.4, -0.2) is 33.2 Å². The zero-order valence-electron chi connectivity index (χ0n) is 12.9. The zero-order valence-corrected chi connectivity index (χ0v) is 12.9. The van der Waals surface area contributed by atoms with Gasteiger partial charge in [-0.25, -0.2) is 0 Å². The van der Waals surface area contributed by atoms with Crippen molar-refractivity contribution in [3.63, 3.8) is 0 Å². The quantitative estimate of drug-likeness (QED) is 0.922. The molecule has 2 heterocycles. The molecule has 5 nitrogen and oxygen atoms in total. The van der Waals surface area contributed by atoms with Crippen LogP contribution in [0.15, 0.2) is 42.7 Å². The maximum Gasteiger partial charge on any atom is 0.241 e. The largest absolute Gasteiger partial charge is 0.322 e. The van der Waals surface area contributed by atoms with Crippen LogP contribution in [0.4, 0.5) is 5.69 Å². The number of amides is 1. The molecule has 0 radical (unpaired) electrons. The first-order chi connectivity index (χ1) is 10.8. The van der Waals surface area contributed by atoms with Gasteiger partial charge in [-0.1, -0.05) is 30.3 Å². The molecule has 1 saturated heterocycles. The summed E-state index contributed by atoms with van der Waals surface area (Å²) in [6.45, 7) is 4.63. The van der Waals surface area contributed by atoms with Gasteiger partial charge in [0.15, 0.2) is 0 Å². The Hall–Kier alpha value is -2.14. The van der Waals surface area contributed by atoms with Gasteiger partial charge in [0.2, 0.25) is 5.91 Å². The molecule has 1 fully saturated rings. The summed E-state index contributed by atoms with van der Waals surface area (Å²) in [5.74, 6) is 0.0732. The average Bonchev–Trinajstić information content (AvgIpc) is 3.17. The first-order valence-electron chi connectivity index (χ1n) is 7.87. The van der Waals surface area contributed by atoms with Gasteiger partial charge in [0.25, 0.3) is 0 Å². The number of likely N-dealkylation sites (tertiary alicyclic amines) is 1. The van der Waals surface area contributed by atoms with Gasteiger partial charge < -0.3 is 5.32 Å². The first-order valence-corrected chi connectivity index (χ1v) is 7.87. The van der Waals surface area contributed by atoms with Crippen molar-refractivity contribution >= 4 is 11.6 Å². The van der Waals surface area contributed by atoms with E-state index in [-0.39, 0.29) is 11.9 Å². The van der Waals surface area contributed by atoms with Gasteiger partial charge in [-0.15, -0.1) is 0 Å². The summed E-state index contributed by atoms with van der Waals surface area (Å²) in [5, 5.41) is 7.18. The SMILES string of the molecule is CCn1cc(NC(=O)[C@H]2CCCN2Cc2ccccc2)cn1. The van der Waals surface area contributed by atoms with Crippen LogP contribution in [-0.2, 0) is 17.9 Å². The van der Waals surface area contributed by atoms with E-state index in [4.69, 9.17) is 0 Å². The topological polar surface area (TPSA) is 50.2 Å². The Morgan fingerprint density at radius 1 is 1.36 bits per heavy atom. The number of rotatable bonds is 5. The van der Waals surface area contributed by atoms with Crippen molar-refractivity contribution in [2.24, 2.45) is 0 Å². The highest BCUT2D eigenvalue weighted by Crippen LogP contribution is 2.21. The van der Waals surface area contributed by atoms with Crippen LogP contribution in [0.3, 0.4) is 0 Å². The summed E-state index contributed by atoms with van der Waals surface area (Å²) in [6.07, 6.45) is 5.56. The summed E-state index contributed by atoms with van der Waals surface area (Å²) in [5.41, 5.74) is 2.03. The lowest BCUT2D eigenvalue weighted by molar-refractivity contribution is -0.120. The van der Waals surface area contributed by atoms with Crippen molar-refractivity contribution < 1.29 is 4.79 Å². The highest BCUT2D eigenvalue weighted by atomic mass is 16.2. The minimum absolute atomic E-state index is 0.0508. The number of nitrogens with zero attached hydrogens (tertiary/aromatic N) is 3. The predicted octanol–water partition coefficient (Wildman–Crippen LogP) is 2.51. The molecule has 0 unspecified atom stereocenters. The van der Waals surface area contributed by atoms with Crippen LogP contribution in [0.1, 0.15) is 25.3 Å². The van der Waals surface area contributed by atoms with Gasteiger partial charge in [-0.3, -0.25) is 14.4 Å². The second-order valence-corrected chi connectivity index (χ2v) is 5.69. The van der Waals surface area contributed by atoms with Crippen LogP contribution >= 0.6 is 0 Å². The molecule has 2 aromatic rings. The van der Waals surface area contributed by atoms with Crippen LogP contribution in [0.5, 0.6) is 0 Å². The van der Waals surface area contributed by atoms with Crippen LogP contribution in [0.25, 0.3) is 0 Å². The lowest BCUT2D eigenvalue weighted by Crippen LogP contribution is -2.39. The number of hydrogen-bond donors (Lipinski definition) is 1. The van der Waals surface area contributed by atoms with E-state index >= 15 is 0 Å². The van der Waals surface area contributed by atoms with E-state index in [2.05, 4.69) is 27.4 Å². The normalized spacial score (nSPS) is 18.5. The summed E-state index contributed by atoms with van der Waals surface area (Å²) in [4.78, 5) is 14.8. The third-order valence-corrected chi connectivity index (χ3v) is 4.12. The summed E-state index contributed by atoms with van der Waals surface area (Å²) in [6, 6.07) is 10.3. The number of nitrogens with one attached hydrogen (secondary N) is 1. The van der Waals surface area contributed by atoms with Crippen LogP contribution in [0, 0.1) is 0 Å². The maximum absolute atomic E-state index is 12.5. The molecule has 0 saturated carbocycles. The maximum atomic E-state index is 12.5. The van der Waals surface area contributed by atoms with E-state index in [1.807, 2.05) is 36.0 Å². The monoisotopic (exact) mass is 298 g/mol. The molecule has 0 spiro atoms. The van der Waals surface area contributed by atoms with E-state index < -0.39 is 0 Å². The van der Waals surface area contributed by atoms with E-state index in [0.717, 1.165) is 38.2 Å². The van der Waals surface area contributed by atoms with Crippen molar-refractivity contribution in [3.05, 3.63) is 48.3 Å². The average molecular weight is 298 g/mol. The Labute approximate surface area is 130 Å². The number of benzene rings is 1. The van der Waals surface area contributed by atoms with Gasteiger partial charge in [-0.05, 0) is 31.9 Å². The number of aromatic nitrogens is 2. The fraction of sp³-hybridized carbons (Fsp3) is 0.412. The molecule has 5 heteroatoms. The smallest absolute Gasteiger partial charge is 0.241 e. The fourth-order valence-corrected chi connectivity index (χ4v) is 2.96. The highest BCUT2D eigenvalue weighted by molar-refractivity contribution is 5.94. The third-order valence-electron chi connectivity index (χ3n) is 4.12. The summed E-state index contributed by atoms with van der Waals surface area (Å²) >= 11 is 0. The van der Waals surface area contributed by atoms with E-state index in [0.29, 0.717) is 0 Å². The summed E-state index contributed by atoms with van der Waals surface area (Å²) < 4.78 is 1.81. The molecule has 116 valence electrons. The van der Waals surface area contributed by atoms with Crippen molar-refractivity contribution in [2.45, 2.75) is 38.9 Å². The fourth-order valence-electron chi connectivity index (χ4n) is 2.96. The molecular weight excluding hydrogens is 276 g/mol. The standard InChI is InChI=1S/C17H22N4O/c1-2-21-13-15(11-18-21)19-17(22)16-9-6-10-20(16)12-14-7-4-3-5-8-14/h3-5,7-8,11,13,16H,2,6,9-10,12H2,1H3,(H,19,22)/t16-/m1/s1. The second kappa shape index (κ2) is 6.75. The molecule has 0 aliphatic carbocycles. The van der Waals surface area contributed by atoms with Gasteiger partial charge >= 0.3 is 0 Å². The van der Waals surface area contributed by atoms with Crippen molar-refractivity contribution in [2.75, 3.05) is 11.9 Å². The molecule has 1 aromatic carbocycles. The van der Waals surface area contributed by atoms with Gasteiger partial charge in [0.1, 0.15) is 0 Å². The molecule has 1 atom stereocenters. The zero-order chi connectivity index (χ0) is 15.4. The van der Waals surface area contributed by atoms with E-state index in [9.17, 15) is 4.79 Å². The van der Waals surface area contributed by atoms with Crippen LogP contribution < -0.4 is 5.32 Å². The molecule has 1 N–H and O–H groups in total. The molecule has 0 bridgehead atoms. The molecule has 22 heavy (non-hydrogen) atoms. The van der Waals surface area contributed by atoms with E-state index in [1.165, 1.54) is 5.56 Å². The predicted molar refractivity (Wildman–Crippen MR) is 86.4 cm³/mol. The Balaban J connectivity index is 1.63. The number of hydrogen-bond acceptors (Lipinski definition) is 3. The van der Waals surface area contributed by atoms with Gasteiger partial charge in [0, 0.05) is 19.3 Å². The molecule has 1 aliphatic rings. The van der Waals surface area contributed by atoms with Crippen molar-refractivity contribution in [1.29, 1.82) is 0 Å². The van der Waals surface area contributed by atoms with Crippen molar-refractivity contribution in [3.8, 4) is 0 Å². The van der Waals surface area contributed by atoms with Crippen LogP contribution in [0.2, 0.25) is 0 Å². The lowest BCUT2D eigenvalue weighted by Gasteiger charge is -2.23. The van der Waals surface area contributed by atoms with Gasteiger partial charge in [-0.2, -0.15) is 5.10 Å². The number of anilines is 1. The number of carbonyl (C=O) groups excluding carboxylic acids is 1. The molecule has 1 aromatic heterocycles. The number of aryl methyl sites for hydroxylation is 1. The first kappa shape index (κ1) is 14.8. The Morgan fingerprint density at radius 3 is 2.91 bits per heavy atom. The third kappa shape index (κ3) is 3.36. The second-order valence-electron chi connectivity index (χ2n) is 5.69. The Morgan fingerprint density at radius 2 is 2.18 bits per heavy atom. The Bertz CT molecular complexity index is 623. The lowest BCUT2D eigenvalue weighted by atomic mass is 10.1.